The van der Waals surface area contributed by atoms with Crippen LogP contribution in [0, 0.1) is 6.92 Å². The summed E-state index contributed by atoms with van der Waals surface area (Å²) >= 11 is 3.50. The van der Waals surface area contributed by atoms with E-state index in [1.165, 1.54) is 5.69 Å². The van der Waals surface area contributed by atoms with Crippen LogP contribution < -0.4 is 10.2 Å². The summed E-state index contributed by atoms with van der Waals surface area (Å²) in [4.78, 5) is 18.5. The van der Waals surface area contributed by atoms with Crippen molar-refractivity contribution in [3.63, 3.8) is 0 Å². The Morgan fingerprint density at radius 1 is 1.06 bits per heavy atom. The summed E-state index contributed by atoms with van der Waals surface area (Å²) in [5.41, 5.74) is 3.73. The lowest BCUT2D eigenvalue weighted by molar-refractivity contribution is -0.125. The SMILES string of the molecule is CCN1CCN(c2ccc(NC(=O)C3(c4ccc(Br)cc4)CCOCC3)c(C)c2)CC1. The first-order valence-corrected chi connectivity index (χ1v) is 12.0. The molecule has 4 rings (SSSR count). The Balaban J connectivity index is 1.52. The molecule has 6 heteroatoms. The number of piperazine rings is 1. The molecule has 0 radical (unpaired) electrons. The molecule has 0 bridgehead atoms. The molecule has 2 aromatic rings. The highest BCUT2D eigenvalue weighted by Gasteiger charge is 2.41. The average Bonchev–Trinajstić information content (AvgIpc) is 2.81. The van der Waals surface area contributed by atoms with Gasteiger partial charge in [-0.25, -0.2) is 0 Å². The lowest BCUT2D eigenvalue weighted by atomic mass is 9.73. The second kappa shape index (κ2) is 9.72. The minimum atomic E-state index is -0.555. The van der Waals surface area contributed by atoms with Gasteiger partial charge in [-0.1, -0.05) is 35.0 Å². The van der Waals surface area contributed by atoms with Gasteiger partial charge in [0.15, 0.2) is 0 Å². The van der Waals surface area contributed by atoms with Gasteiger partial charge in [-0.05, 0) is 67.8 Å². The van der Waals surface area contributed by atoms with E-state index in [2.05, 4.69) is 75.2 Å². The second-order valence-corrected chi connectivity index (χ2v) is 9.49. The van der Waals surface area contributed by atoms with E-state index in [9.17, 15) is 4.79 Å². The molecule has 1 amide bonds. The molecular formula is C25H32BrN3O2. The highest BCUT2D eigenvalue weighted by molar-refractivity contribution is 9.10. The summed E-state index contributed by atoms with van der Waals surface area (Å²) < 4.78 is 6.61. The molecule has 31 heavy (non-hydrogen) atoms. The van der Waals surface area contributed by atoms with Crippen LogP contribution in [0.25, 0.3) is 0 Å². The van der Waals surface area contributed by atoms with Crippen molar-refractivity contribution in [3.8, 4) is 0 Å². The smallest absolute Gasteiger partial charge is 0.235 e. The van der Waals surface area contributed by atoms with E-state index in [4.69, 9.17) is 4.74 Å². The maximum absolute atomic E-state index is 13.6. The fourth-order valence-electron chi connectivity index (χ4n) is 4.68. The molecule has 1 N–H and O–H groups in total. The zero-order chi connectivity index (χ0) is 21.8. The molecule has 2 aliphatic heterocycles. The van der Waals surface area contributed by atoms with E-state index < -0.39 is 5.41 Å². The number of hydrogen-bond donors (Lipinski definition) is 1. The van der Waals surface area contributed by atoms with Crippen molar-refractivity contribution < 1.29 is 9.53 Å². The van der Waals surface area contributed by atoms with E-state index in [1.54, 1.807) is 0 Å². The lowest BCUT2D eigenvalue weighted by Crippen LogP contribution is -2.46. The van der Waals surface area contributed by atoms with Crippen LogP contribution in [0.5, 0.6) is 0 Å². The molecule has 166 valence electrons. The van der Waals surface area contributed by atoms with Gasteiger partial charge in [0.2, 0.25) is 5.91 Å². The highest BCUT2D eigenvalue weighted by atomic mass is 79.9. The summed E-state index contributed by atoms with van der Waals surface area (Å²) in [6, 6.07) is 14.5. The largest absolute Gasteiger partial charge is 0.381 e. The number of benzene rings is 2. The molecule has 5 nitrogen and oxygen atoms in total. The van der Waals surface area contributed by atoms with Crippen LogP contribution in [0.4, 0.5) is 11.4 Å². The summed E-state index contributed by atoms with van der Waals surface area (Å²) in [7, 11) is 0. The van der Waals surface area contributed by atoms with Gasteiger partial charge in [0.25, 0.3) is 0 Å². The molecule has 0 aliphatic carbocycles. The molecule has 2 aliphatic rings. The molecule has 2 aromatic carbocycles. The molecular weight excluding hydrogens is 454 g/mol. The van der Waals surface area contributed by atoms with Gasteiger partial charge in [0, 0.05) is 55.2 Å². The van der Waals surface area contributed by atoms with E-state index >= 15 is 0 Å². The van der Waals surface area contributed by atoms with E-state index in [1.807, 2.05) is 12.1 Å². The van der Waals surface area contributed by atoms with Crippen molar-refractivity contribution in [2.75, 3.05) is 56.2 Å². The van der Waals surface area contributed by atoms with Crippen molar-refractivity contribution in [1.29, 1.82) is 0 Å². The van der Waals surface area contributed by atoms with Gasteiger partial charge in [0.05, 0.1) is 5.41 Å². The van der Waals surface area contributed by atoms with Crippen molar-refractivity contribution >= 4 is 33.2 Å². The Morgan fingerprint density at radius 3 is 2.35 bits per heavy atom. The number of halogens is 1. The zero-order valence-electron chi connectivity index (χ0n) is 18.5. The summed E-state index contributed by atoms with van der Waals surface area (Å²) in [5.74, 6) is 0.0607. The van der Waals surface area contributed by atoms with E-state index in [-0.39, 0.29) is 5.91 Å². The summed E-state index contributed by atoms with van der Waals surface area (Å²) in [6.45, 7) is 10.9. The Hall–Kier alpha value is -1.89. The normalized spacial score (nSPS) is 19.3. The number of rotatable bonds is 5. The molecule has 2 saturated heterocycles. The topological polar surface area (TPSA) is 44.8 Å². The van der Waals surface area contributed by atoms with E-state index in [0.29, 0.717) is 26.1 Å². The second-order valence-electron chi connectivity index (χ2n) is 8.58. The number of anilines is 2. The highest BCUT2D eigenvalue weighted by Crippen LogP contribution is 2.37. The Morgan fingerprint density at radius 2 is 1.74 bits per heavy atom. The van der Waals surface area contributed by atoms with Crippen LogP contribution in [0.3, 0.4) is 0 Å². The number of amides is 1. The Bertz CT molecular complexity index is 901. The standard InChI is InChI=1S/C25H32BrN3O2/c1-3-28-12-14-29(15-13-28)22-8-9-23(19(2)18-22)27-24(30)25(10-16-31-17-11-25)20-4-6-21(26)7-5-20/h4-9,18H,3,10-17H2,1-2H3,(H,27,30). The first kappa shape index (κ1) is 22.3. The average molecular weight is 486 g/mol. The molecule has 2 heterocycles. The van der Waals surface area contributed by atoms with Gasteiger partial charge >= 0.3 is 0 Å². The fourth-order valence-corrected chi connectivity index (χ4v) is 4.95. The van der Waals surface area contributed by atoms with Crippen LogP contribution in [-0.4, -0.2) is 56.7 Å². The van der Waals surface area contributed by atoms with Crippen LogP contribution in [0.1, 0.15) is 30.9 Å². The van der Waals surface area contributed by atoms with Crippen molar-refractivity contribution in [2.45, 2.75) is 32.1 Å². The first-order valence-electron chi connectivity index (χ1n) is 11.2. The monoisotopic (exact) mass is 485 g/mol. The molecule has 0 saturated carbocycles. The predicted octanol–water partition coefficient (Wildman–Crippen LogP) is 4.59. The molecule has 0 spiro atoms. The van der Waals surface area contributed by atoms with Gasteiger partial charge in [-0.3, -0.25) is 4.79 Å². The van der Waals surface area contributed by atoms with Gasteiger partial charge in [-0.15, -0.1) is 0 Å². The quantitative estimate of drug-likeness (QED) is 0.672. The predicted molar refractivity (Wildman–Crippen MR) is 130 cm³/mol. The van der Waals surface area contributed by atoms with Crippen LogP contribution in [0.2, 0.25) is 0 Å². The number of ether oxygens (including phenoxy) is 1. The van der Waals surface area contributed by atoms with Crippen molar-refractivity contribution in [3.05, 3.63) is 58.1 Å². The van der Waals surface area contributed by atoms with Gasteiger partial charge in [0.1, 0.15) is 0 Å². The third kappa shape index (κ3) is 4.81. The molecule has 0 atom stereocenters. The number of nitrogens with one attached hydrogen (secondary N) is 1. The molecule has 2 fully saturated rings. The first-order chi connectivity index (χ1) is 15.0. The number of carbonyl (C=O) groups excluding carboxylic acids is 1. The number of likely N-dealkylation sites (N-methyl/N-ethyl adjacent to an activating group) is 1. The van der Waals surface area contributed by atoms with Crippen LogP contribution in [-0.2, 0) is 14.9 Å². The third-order valence-electron chi connectivity index (χ3n) is 6.82. The van der Waals surface area contributed by atoms with Crippen LogP contribution >= 0.6 is 15.9 Å². The minimum absolute atomic E-state index is 0.0607. The van der Waals surface area contributed by atoms with Gasteiger partial charge < -0.3 is 19.9 Å². The number of hydrogen-bond acceptors (Lipinski definition) is 4. The maximum Gasteiger partial charge on any atom is 0.235 e. The van der Waals surface area contributed by atoms with Crippen LogP contribution in [0.15, 0.2) is 46.9 Å². The van der Waals surface area contributed by atoms with Crippen molar-refractivity contribution in [1.82, 2.24) is 4.90 Å². The maximum atomic E-state index is 13.6. The lowest BCUT2D eigenvalue weighted by Gasteiger charge is -2.37. The van der Waals surface area contributed by atoms with Gasteiger partial charge in [-0.2, -0.15) is 0 Å². The van der Waals surface area contributed by atoms with E-state index in [0.717, 1.165) is 54.0 Å². The Kier molecular flexibility index (Phi) is 6.99. The number of aryl methyl sites for hydroxylation is 1. The van der Waals surface area contributed by atoms with Crippen molar-refractivity contribution in [2.24, 2.45) is 0 Å². The number of carbonyl (C=O) groups is 1. The Labute approximate surface area is 193 Å². The molecule has 0 unspecified atom stereocenters. The number of nitrogens with zero attached hydrogens (tertiary/aromatic N) is 2. The summed E-state index contributed by atoms with van der Waals surface area (Å²) in [6.07, 6.45) is 1.39. The minimum Gasteiger partial charge on any atom is -0.381 e. The molecule has 0 aromatic heterocycles. The third-order valence-corrected chi connectivity index (χ3v) is 7.35. The summed E-state index contributed by atoms with van der Waals surface area (Å²) in [5, 5.41) is 3.25. The fraction of sp³-hybridized carbons (Fsp3) is 0.480. The zero-order valence-corrected chi connectivity index (χ0v) is 20.1.